The van der Waals surface area contributed by atoms with E-state index in [0.29, 0.717) is 17.7 Å². The first-order chi connectivity index (χ1) is 8.74. The van der Waals surface area contributed by atoms with Crippen molar-refractivity contribution < 1.29 is 8.78 Å². The maximum atomic E-state index is 13.6. The fourth-order valence-electron chi connectivity index (χ4n) is 1.69. The minimum Gasteiger partial charge on any atom is -0.351 e. The van der Waals surface area contributed by atoms with Crippen molar-refractivity contribution in [2.24, 2.45) is 0 Å². The summed E-state index contributed by atoms with van der Waals surface area (Å²) < 4.78 is 26.8. The fourth-order valence-corrected chi connectivity index (χ4v) is 1.69. The molecule has 92 valence electrons. The summed E-state index contributed by atoms with van der Waals surface area (Å²) in [5, 5.41) is 3.12. The molecule has 0 unspecified atom stereocenters. The van der Waals surface area contributed by atoms with Crippen molar-refractivity contribution in [1.29, 1.82) is 0 Å². The largest absolute Gasteiger partial charge is 0.351 e. The summed E-state index contributed by atoms with van der Waals surface area (Å²) in [5.74, 6) is -1.30. The van der Waals surface area contributed by atoms with E-state index in [9.17, 15) is 8.78 Å². The van der Waals surface area contributed by atoms with Crippen LogP contribution >= 0.6 is 0 Å². The van der Waals surface area contributed by atoms with Crippen LogP contribution in [-0.2, 0) is 0 Å². The van der Waals surface area contributed by atoms with E-state index >= 15 is 0 Å². The molecule has 1 aliphatic rings. The second-order valence-electron chi connectivity index (χ2n) is 4.29. The van der Waals surface area contributed by atoms with Crippen LogP contribution in [0.25, 0.3) is 11.3 Å². The van der Waals surface area contributed by atoms with E-state index in [0.717, 1.165) is 18.9 Å². The van der Waals surface area contributed by atoms with Crippen LogP contribution in [0.15, 0.2) is 30.5 Å². The van der Waals surface area contributed by atoms with Gasteiger partial charge in [-0.15, -0.1) is 0 Å². The number of hydrogen-bond donors (Lipinski definition) is 1. The first kappa shape index (κ1) is 11.1. The lowest BCUT2D eigenvalue weighted by molar-refractivity contribution is 0.511. The van der Waals surface area contributed by atoms with Crippen LogP contribution < -0.4 is 5.32 Å². The number of nitrogens with one attached hydrogen (secondary N) is 1. The summed E-state index contributed by atoms with van der Waals surface area (Å²) in [6.45, 7) is 0. The molecule has 1 saturated carbocycles. The Labute approximate surface area is 103 Å². The Morgan fingerprint density at radius 3 is 2.78 bits per heavy atom. The van der Waals surface area contributed by atoms with E-state index < -0.39 is 11.6 Å². The zero-order valence-electron chi connectivity index (χ0n) is 9.53. The molecule has 18 heavy (non-hydrogen) atoms. The average molecular weight is 247 g/mol. The van der Waals surface area contributed by atoms with Gasteiger partial charge in [0, 0.05) is 17.8 Å². The lowest BCUT2D eigenvalue weighted by Crippen LogP contribution is -2.05. The molecule has 1 heterocycles. The highest BCUT2D eigenvalue weighted by Crippen LogP contribution is 2.26. The van der Waals surface area contributed by atoms with Gasteiger partial charge >= 0.3 is 0 Å². The maximum absolute atomic E-state index is 13.6. The summed E-state index contributed by atoms with van der Waals surface area (Å²) in [6, 6.07) is 6.03. The smallest absolute Gasteiger partial charge is 0.223 e. The zero-order valence-corrected chi connectivity index (χ0v) is 9.53. The van der Waals surface area contributed by atoms with Crippen LogP contribution in [0.1, 0.15) is 12.8 Å². The molecule has 0 aliphatic heterocycles. The molecule has 3 rings (SSSR count). The number of halogens is 2. The lowest BCUT2D eigenvalue weighted by Gasteiger charge is -2.06. The summed E-state index contributed by atoms with van der Waals surface area (Å²) in [7, 11) is 0. The van der Waals surface area contributed by atoms with Crippen LogP contribution in [0.2, 0.25) is 0 Å². The minimum absolute atomic E-state index is 0.149. The second kappa shape index (κ2) is 4.33. The molecule has 1 aromatic heterocycles. The van der Waals surface area contributed by atoms with Crippen molar-refractivity contribution in [3.05, 3.63) is 42.1 Å². The fraction of sp³-hybridized carbons (Fsp3) is 0.231. The molecule has 0 bridgehead atoms. The number of aromatic nitrogens is 2. The van der Waals surface area contributed by atoms with Gasteiger partial charge in [0.1, 0.15) is 0 Å². The van der Waals surface area contributed by atoms with Crippen LogP contribution in [0.4, 0.5) is 14.7 Å². The molecule has 1 aromatic carbocycles. The third kappa shape index (κ3) is 2.16. The third-order valence-electron chi connectivity index (χ3n) is 2.79. The normalized spacial score (nSPS) is 14.6. The first-order valence-electron chi connectivity index (χ1n) is 5.78. The molecule has 3 nitrogen and oxygen atoms in total. The van der Waals surface area contributed by atoms with Gasteiger partial charge < -0.3 is 5.32 Å². The monoisotopic (exact) mass is 247 g/mol. The SMILES string of the molecule is Fc1cccc(-c2ccnc(NC3CC3)n2)c1F. The molecule has 0 radical (unpaired) electrons. The number of benzene rings is 1. The predicted molar refractivity (Wildman–Crippen MR) is 64.0 cm³/mol. The van der Waals surface area contributed by atoms with Gasteiger partial charge in [-0.05, 0) is 31.0 Å². The van der Waals surface area contributed by atoms with Gasteiger partial charge in [0.2, 0.25) is 5.95 Å². The topological polar surface area (TPSA) is 37.8 Å². The maximum Gasteiger partial charge on any atom is 0.223 e. The first-order valence-corrected chi connectivity index (χ1v) is 5.78. The van der Waals surface area contributed by atoms with E-state index in [1.807, 2.05) is 0 Å². The van der Waals surface area contributed by atoms with Gasteiger partial charge in [0.05, 0.1) is 5.69 Å². The second-order valence-corrected chi connectivity index (χ2v) is 4.29. The van der Waals surface area contributed by atoms with Crippen LogP contribution in [0, 0.1) is 11.6 Å². The van der Waals surface area contributed by atoms with Crippen molar-refractivity contribution in [1.82, 2.24) is 9.97 Å². The Balaban J connectivity index is 1.97. The molecule has 2 aromatic rings. The van der Waals surface area contributed by atoms with Gasteiger partial charge in [-0.2, -0.15) is 0 Å². The van der Waals surface area contributed by atoms with Crippen molar-refractivity contribution in [3.63, 3.8) is 0 Å². The van der Waals surface area contributed by atoms with Crippen molar-refractivity contribution >= 4 is 5.95 Å². The third-order valence-corrected chi connectivity index (χ3v) is 2.79. The standard InChI is InChI=1S/C13H11F2N3/c14-10-3-1-2-9(12(10)15)11-6-7-16-13(18-11)17-8-4-5-8/h1-3,6-8H,4-5H2,(H,16,17,18). The van der Waals surface area contributed by atoms with E-state index in [2.05, 4.69) is 15.3 Å². The highest BCUT2D eigenvalue weighted by Gasteiger charge is 2.22. The molecule has 1 aliphatic carbocycles. The van der Waals surface area contributed by atoms with Crippen molar-refractivity contribution in [2.75, 3.05) is 5.32 Å². The van der Waals surface area contributed by atoms with Gasteiger partial charge in [0.15, 0.2) is 11.6 Å². The summed E-state index contributed by atoms with van der Waals surface area (Å²) in [6.07, 6.45) is 3.74. The van der Waals surface area contributed by atoms with Gasteiger partial charge in [-0.25, -0.2) is 18.7 Å². The Kier molecular flexibility index (Phi) is 2.66. The molecule has 0 atom stereocenters. The molecule has 5 heteroatoms. The predicted octanol–water partition coefficient (Wildman–Crippen LogP) is 3.00. The van der Waals surface area contributed by atoms with Crippen LogP contribution in [0.3, 0.4) is 0 Å². The summed E-state index contributed by atoms with van der Waals surface area (Å²) in [5.41, 5.74) is 0.529. The van der Waals surface area contributed by atoms with Gasteiger partial charge in [0.25, 0.3) is 0 Å². The lowest BCUT2D eigenvalue weighted by atomic mass is 10.1. The number of nitrogens with zero attached hydrogens (tertiary/aromatic N) is 2. The zero-order chi connectivity index (χ0) is 12.5. The number of anilines is 1. The van der Waals surface area contributed by atoms with Crippen LogP contribution in [0.5, 0.6) is 0 Å². The summed E-state index contributed by atoms with van der Waals surface area (Å²) in [4.78, 5) is 8.25. The Hall–Kier alpha value is -2.04. The van der Waals surface area contributed by atoms with Gasteiger partial charge in [-0.3, -0.25) is 0 Å². The van der Waals surface area contributed by atoms with Gasteiger partial charge in [-0.1, -0.05) is 6.07 Å². The van der Waals surface area contributed by atoms with Crippen LogP contribution in [-0.4, -0.2) is 16.0 Å². The Bertz CT molecular complexity index is 582. The van der Waals surface area contributed by atoms with Crippen molar-refractivity contribution in [2.45, 2.75) is 18.9 Å². The van der Waals surface area contributed by atoms with E-state index in [1.54, 1.807) is 6.07 Å². The van der Waals surface area contributed by atoms with E-state index in [4.69, 9.17) is 0 Å². The molecule has 1 fully saturated rings. The molecular weight excluding hydrogens is 236 g/mol. The minimum atomic E-state index is -0.881. The molecular formula is C13H11F2N3. The average Bonchev–Trinajstić information content (AvgIpc) is 3.17. The highest BCUT2D eigenvalue weighted by molar-refractivity contribution is 5.60. The number of hydrogen-bond acceptors (Lipinski definition) is 3. The Morgan fingerprint density at radius 1 is 1.17 bits per heavy atom. The molecule has 0 spiro atoms. The molecule has 0 saturated heterocycles. The molecule has 1 N–H and O–H groups in total. The Morgan fingerprint density at radius 2 is 2.00 bits per heavy atom. The number of rotatable bonds is 3. The van der Waals surface area contributed by atoms with E-state index in [1.165, 1.54) is 18.3 Å². The van der Waals surface area contributed by atoms with Crippen molar-refractivity contribution in [3.8, 4) is 11.3 Å². The molecule has 0 amide bonds. The van der Waals surface area contributed by atoms with E-state index in [-0.39, 0.29) is 5.56 Å². The highest BCUT2D eigenvalue weighted by atomic mass is 19.2. The summed E-state index contributed by atoms with van der Waals surface area (Å²) >= 11 is 0. The quantitative estimate of drug-likeness (QED) is 0.906.